The Hall–Kier alpha value is -2.56. The second kappa shape index (κ2) is 9.83. The molecule has 10 heteroatoms. The summed E-state index contributed by atoms with van der Waals surface area (Å²) < 4.78 is 88.7. The summed E-state index contributed by atoms with van der Waals surface area (Å²) in [5.74, 6) is -0.177. The summed E-state index contributed by atoms with van der Waals surface area (Å²) in [4.78, 5) is 2.85. The van der Waals surface area contributed by atoms with Gasteiger partial charge in [0.15, 0.2) is 14.7 Å². The summed E-state index contributed by atoms with van der Waals surface area (Å²) in [6.45, 7) is 4.41. The third-order valence-electron chi connectivity index (χ3n) is 5.25. The average Bonchev–Trinajstić information content (AvgIpc) is 2.77. The van der Waals surface area contributed by atoms with Crippen molar-refractivity contribution in [3.63, 3.8) is 0 Å². The van der Waals surface area contributed by atoms with Crippen LogP contribution in [0.4, 0.5) is 17.6 Å². The summed E-state index contributed by atoms with van der Waals surface area (Å²) in [5.41, 5.74) is 1.15. The summed E-state index contributed by atoms with van der Waals surface area (Å²) >= 11 is 0. The lowest BCUT2D eigenvalue weighted by Gasteiger charge is -2.24. The zero-order valence-corrected chi connectivity index (χ0v) is 20.8. The molecular weight excluding hydrogens is 504 g/mol. The minimum atomic E-state index is -6.12. The standard InChI is InChI=1S/C25H24F4O4S2/c1-23(2,3)18-9-13-21(14-10-18)34(20-7-5-4-6-8-20)22-15-11-19(12-16-22)33-17-24(26,25(27,28)29)35(30,31)32/h4-16H,17H2,1-3H3/p+1. The maximum absolute atomic E-state index is 14.2. The van der Waals surface area contributed by atoms with Crippen molar-refractivity contribution in [2.75, 3.05) is 6.61 Å². The molecule has 3 rings (SSSR count). The summed E-state index contributed by atoms with van der Waals surface area (Å²) in [5, 5.41) is -4.94. The summed E-state index contributed by atoms with van der Waals surface area (Å²) in [6.07, 6.45) is -5.88. The van der Waals surface area contributed by atoms with Crippen LogP contribution in [0.15, 0.2) is 93.5 Å². The molecule has 0 saturated carbocycles. The molecule has 188 valence electrons. The van der Waals surface area contributed by atoms with E-state index in [9.17, 15) is 26.0 Å². The van der Waals surface area contributed by atoms with E-state index in [1.54, 1.807) is 12.1 Å². The van der Waals surface area contributed by atoms with E-state index in [2.05, 4.69) is 32.9 Å². The molecule has 2 atom stereocenters. The van der Waals surface area contributed by atoms with Crippen molar-refractivity contribution in [3.05, 3.63) is 84.4 Å². The normalized spacial score (nSPS) is 15.3. The molecule has 0 spiro atoms. The van der Waals surface area contributed by atoms with E-state index in [4.69, 9.17) is 9.29 Å². The van der Waals surface area contributed by atoms with E-state index in [-0.39, 0.29) is 11.2 Å². The molecule has 0 aliphatic heterocycles. The molecule has 0 bridgehead atoms. The molecule has 0 saturated heterocycles. The number of hydrogen-bond donors (Lipinski definition) is 1. The molecule has 35 heavy (non-hydrogen) atoms. The smallest absolute Gasteiger partial charge is 0.443 e. The van der Waals surface area contributed by atoms with Gasteiger partial charge in [0.1, 0.15) is 12.4 Å². The van der Waals surface area contributed by atoms with Gasteiger partial charge in [0, 0.05) is 0 Å². The largest absolute Gasteiger partial charge is 0.489 e. The molecule has 0 amide bonds. The maximum Gasteiger partial charge on any atom is 0.443 e. The number of alkyl halides is 4. The highest BCUT2D eigenvalue weighted by Crippen LogP contribution is 2.39. The van der Waals surface area contributed by atoms with Crippen molar-refractivity contribution < 1.29 is 35.3 Å². The van der Waals surface area contributed by atoms with Crippen LogP contribution in [0.2, 0.25) is 0 Å². The maximum atomic E-state index is 14.2. The van der Waals surface area contributed by atoms with Gasteiger partial charge in [0.05, 0.1) is 10.9 Å². The summed E-state index contributed by atoms with van der Waals surface area (Å²) in [7, 11) is -6.67. The van der Waals surface area contributed by atoms with Crippen LogP contribution in [-0.2, 0) is 26.4 Å². The van der Waals surface area contributed by atoms with Gasteiger partial charge in [-0.25, -0.2) is 4.39 Å². The highest BCUT2D eigenvalue weighted by atomic mass is 32.2. The molecule has 0 aliphatic carbocycles. The van der Waals surface area contributed by atoms with Crippen molar-refractivity contribution in [3.8, 4) is 5.75 Å². The molecule has 0 fully saturated rings. The van der Waals surface area contributed by atoms with Crippen LogP contribution in [-0.4, -0.2) is 30.8 Å². The van der Waals surface area contributed by atoms with Crippen LogP contribution in [0.5, 0.6) is 5.75 Å². The highest BCUT2D eigenvalue weighted by molar-refractivity contribution is 7.97. The van der Waals surface area contributed by atoms with E-state index in [0.29, 0.717) is 0 Å². The zero-order chi connectivity index (χ0) is 26.1. The van der Waals surface area contributed by atoms with Gasteiger partial charge in [0.25, 0.3) is 0 Å². The van der Waals surface area contributed by atoms with Gasteiger partial charge in [-0.05, 0) is 59.5 Å². The Morgan fingerprint density at radius 3 is 1.66 bits per heavy atom. The minimum absolute atomic E-state index is 0.0209. The van der Waals surface area contributed by atoms with Crippen molar-refractivity contribution in [2.24, 2.45) is 0 Å². The predicted octanol–water partition coefficient (Wildman–Crippen LogP) is 6.57. The van der Waals surface area contributed by atoms with Gasteiger partial charge in [-0.15, -0.1) is 0 Å². The van der Waals surface area contributed by atoms with Crippen molar-refractivity contribution in [1.82, 2.24) is 0 Å². The molecule has 0 heterocycles. The molecule has 0 aromatic heterocycles. The van der Waals surface area contributed by atoms with Crippen LogP contribution in [0, 0.1) is 0 Å². The number of halogens is 4. The fourth-order valence-corrected chi connectivity index (χ4v) is 5.77. The van der Waals surface area contributed by atoms with Crippen molar-refractivity contribution >= 4 is 21.0 Å². The van der Waals surface area contributed by atoms with Gasteiger partial charge in [0.2, 0.25) is 0 Å². The van der Waals surface area contributed by atoms with Crippen LogP contribution < -0.4 is 4.74 Å². The molecule has 3 aromatic rings. The van der Waals surface area contributed by atoms with E-state index < -0.39 is 38.8 Å². The second-order valence-electron chi connectivity index (χ2n) is 8.85. The van der Waals surface area contributed by atoms with E-state index in [1.165, 1.54) is 17.7 Å². The number of ether oxygens (including phenoxy) is 1. The van der Waals surface area contributed by atoms with Crippen molar-refractivity contribution in [1.29, 1.82) is 0 Å². The van der Waals surface area contributed by atoms with Gasteiger partial charge in [-0.1, -0.05) is 51.1 Å². The fraction of sp³-hybridized carbons (Fsp3) is 0.280. The Bertz CT molecular complexity index is 1240. The first-order chi connectivity index (χ1) is 16.1. The topological polar surface area (TPSA) is 63.6 Å². The van der Waals surface area contributed by atoms with E-state index >= 15 is 0 Å². The Kier molecular flexibility index (Phi) is 7.59. The molecule has 2 unspecified atom stereocenters. The van der Waals surface area contributed by atoms with Crippen molar-refractivity contribution in [2.45, 2.75) is 52.0 Å². The zero-order valence-electron chi connectivity index (χ0n) is 19.2. The number of benzene rings is 3. The number of rotatable bonds is 7. The SMILES string of the molecule is CC(C)(C)c1ccc([S+](c2ccccc2)c2ccc(OCC(F)(C(F)(F)F)S(=O)(=O)O)cc2)cc1. The Morgan fingerprint density at radius 2 is 1.23 bits per heavy atom. The third-order valence-corrected chi connectivity index (χ3v) is 8.65. The third kappa shape index (κ3) is 5.99. The van der Waals surface area contributed by atoms with Gasteiger partial charge >= 0.3 is 21.3 Å². The number of hydrogen-bond acceptors (Lipinski definition) is 3. The van der Waals surface area contributed by atoms with E-state index in [0.717, 1.165) is 14.7 Å². The average molecular weight is 530 g/mol. The molecule has 1 N–H and O–H groups in total. The molecule has 0 aliphatic rings. The quantitative estimate of drug-likeness (QED) is 0.214. The van der Waals surface area contributed by atoms with Crippen LogP contribution in [0.1, 0.15) is 26.3 Å². The Labute approximate surface area is 205 Å². The first-order valence-corrected chi connectivity index (χ1v) is 13.2. The Morgan fingerprint density at radius 1 is 0.771 bits per heavy atom. The van der Waals surface area contributed by atoms with Crippen LogP contribution >= 0.6 is 0 Å². The lowest BCUT2D eigenvalue weighted by atomic mass is 9.87. The first-order valence-electron chi connectivity index (χ1n) is 10.5. The molecule has 3 aromatic carbocycles. The van der Waals surface area contributed by atoms with Crippen LogP contribution in [0.3, 0.4) is 0 Å². The molecule has 0 radical (unpaired) electrons. The highest BCUT2D eigenvalue weighted by Gasteiger charge is 2.66. The summed E-state index contributed by atoms with van der Waals surface area (Å²) in [6, 6.07) is 23.8. The minimum Gasteiger partial charge on any atom is -0.489 e. The van der Waals surface area contributed by atoms with Gasteiger partial charge < -0.3 is 4.74 Å². The Balaban J connectivity index is 1.91. The van der Waals surface area contributed by atoms with Crippen LogP contribution in [0.25, 0.3) is 0 Å². The molecular formula is C25H25F4O4S2+. The fourth-order valence-electron chi connectivity index (χ4n) is 3.21. The lowest BCUT2D eigenvalue weighted by Crippen LogP contribution is -2.52. The molecule has 4 nitrogen and oxygen atoms in total. The second-order valence-corrected chi connectivity index (χ2v) is 12.5. The lowest BCUT2D eigenvalue weighted by molar-refractivity contribution is -0.206. The van der Waals surface area contributed by atoms with Gasteiger partial charge in [-0.3, -0.25) is 4.55 Å². The predicted molar refractivity (Wildman–Crippen MR) is 127 cm³/mol. The monoisotopic (exact) mass is 529 g/mol. The van der Waals surface area contributed by atoms with Gasteiger partial charge in [-0.2, -0.15) is 21.6 Å². The first kappa shape index (κ1) is 27.0. The van der Waals surface area contributed by atoms with E-state index in [1.807, 2.05) is 42.5 Å².